The molecular weight excluding hydrogens is 528 g/mol. The van der Waals surface area contributed by atoms with Crippen molar-refractivity contribution in [3.63, 3.8) is 0 Å². The number of pyridine rings is 1. The standard InChI is InChI=1S/C27H25F6N3O3/c1-17-5-3-4-6-21(17)22-14-24(36(38)7-9-39-10-8-36)34-15-23(22)25(37)35(2)16-18-11-19(26(28,29)30)13-20(12-18)27(31,32)33/h3-6,11-15H,7-10,16H2,1-2H3. The molecule has 0 saturated carbocycles. The van der Waals surface area contributed by atoms with Gasteiger partial charge in [-0.25, -0.2) is 4.98 Å². The SMILES string of the molecule is Cc1ccccc1-c1cc([N+]2([O-])CCOCC2)ncc1C(=O)N(C)Cc1cc(C(F)(F)F)cc(C(F)(F)F)c1. The van der Waals surface area contributed by atoms with Gasteiger partial charge in [0.2, 0.25) is 5.82 Å². The van der Waals surface area contributed by atoms with Crippen molar-refractivity contribution in [3.05, 3.63) is 87.8 Å². The molecule has 1 aromatic heterocycles. The van der Waals surface area contributed by atoms with Gasteiger partial charge in [-0.15, -0.1) is 0 Å². The molecule has 4 rings (SSSR count). The summed E-state index contributed by atoms with van der Waals surface area (Å²) in [5.41, 5.74) is -1.40. The third-order valence-corrected chi connectivity index (χ3v) is 6.58. The van der Waals surface area contributed by atoms with Gasteiger partial charge in [0.1, 0.15) is 13.1 Å². The predicted octanol–water partition coefficient (Wildman–Crippen LogP) is 6.20. The summed E-state index contributed by atoms with van der Waals surface area (Å²) >= 11 is 0. The maximum absolute atomic E-state index is 13.5. The van der Waals surface area contributed by atoms with E-state index in [-0.39, 0.29) is 49.3 Å². The Morgan fingerprint density at radius 1 is 0.974 bits per heavy atom. The van der Waals surface area contributed by atoms with E-state index in [2.05, 4.69) is 4.98 Å². The number of morpholine rings is 1. The molecule has 0 radical (unpaired) electrons. The Bertz CT molecular complexity index is 1340. The molecule has 208 valence electrons. The van der Waals surface area contributed by atoms with Crippen LogP contribution in [0.2, 0.25) is 0 Å². The average Bonchev–Trinajstić information content (AvgIpc) is 2.87. The summed E-state index contributed by atoms with van der Waals surface area (Å²) in [6, 6.07) is 9.85. The predicted molar refractivity (Wildman–Crippen MR) is 132 cm³/mol. The van der Waals surface area contributed by atoms with Crippen LogP contribution in [-0.4, -0.2) is 49.1 Å². The number of aryl methyl sites for hydroxylation is 1. The summed E-state index contributed by atoms with van der Waals surface area (Å²) in [5, 5.41) is 13.4. The zero-order valence-corrected chi connectivity index (χ0v) is 21.1. The number of carbonyl (C=O) groups excluding carboxylic acids is 1. The highest BCUT2D eigenvalue weighted by Gasteiger charge is 2.37. The molecule has 3 aromatic rings. The monoisotopic (exact) mass is 553 g/mol. The second kappa shape index (κ2) is 10.6. The van der Waals surface area contributed by atoms with Crippen molar-refractivity contribution in [2.45, 2.75) is 25.8 Å². The Balaban J connectivity index is 1.74. The first-order chi connectivity index (χ1) is 18.2. The van der Waals surface area contributed by atoms with E-state index < -0.39 is 40.6 Å². The van der Waals surface area contributed by atoms with Gasteiger partial charge in [0.25, 0.3) is 5.91 Å². The van der Waals surface area contributed by atoms with Crippen LogP contribution in [0, 0.1) is 12.1 Å². The van der Waals surface area contributed by atoms with Crippen LogP contribution in [0.1, 0.15) is 32.6 Å². The second-order valence-corrected chi connectivity index (χ2v) is 9.43. The summed E-state index contributed by atoms with van der Waals surface area (Å²) in [5.74, 6) is -0.513. The lowest BCUT2D eigenvalue weighted by Crippen LogP contribution is -2.52. The van der Waals surface area contributed by atoms with E-state index in [0.29, 0.717) is 23.3 Å². The van der Waals surface area contributed by atoms with Gasteiger partial charge < -0.3 is 19.5 Å². The molecule has 2 aromatic carbocycles. The lowest BCUT2D eigenvalue weighted by atomic mass is 9.96. The number of nitrogens with zero attached hydrogens (tertiary/aromatic N) is 3. The lowest BCUT2D eigenvalue weighted by molar-refractivity contribution is -0.143. The molecular formula is C27H25F6N3O3. The van der Waals surface area contributed by atoms with Crippen LogP contribution in [0.5, 0.6) is 0 Å². The van der Waals surface area contributed by atoms with Crippen LogP contribution in [0.4, 0.5) is 32.2 Å². The Kier molecular flexibility index (Phi) is 7.75. The lowest BCUT2D eigenvalue weighted by Gasteiger charge is -2.43. The minimum Gasteiger partial charge on any atom is -0.626 e. The van der Waals surface area contributed by atoms with Gasteiger partial charge in [0.15, 0.2) is 0 Å². The quantitative estimate of drug-likeness (QED) is 0.214. The Morgan fingerprint density at radius 2 is 1.56 bits per heavy atom. The fraction of sp³-hybridized carbons (Fsp3) is 0.333. The number of amides is 1. The normalized spacial score (nSPS) is 15.7. The van der Waals surface area contributed by atoms with E-state index in [4.69, 9.17) is 4.74 Å². The summed E-state index contributed by atoms with van der Waals surface area (Å²) < 4.78 is 84.4. The van der Waals surface area contributed by atoms with E-state index in [0.717, 1.165) is 10.5 Å². The molecule has 0 bridgehead atoms. The van der Waals surface area contributed by atoms with Crippen molar-refractivity contribution in [1.82, 2.24) is 14.5 Å². The van der Waals surface area contributed by atoms with Crippen LogP contribution in [0.25, 0.3) is 11.1 Å². The highest BCUT2D eigenvalue weighted by Crippen LogP contribution is 2.37. The zero-order chi connectivity index (χ0) is 28.6. The molecule has 0 spiro atoms. The van der Waals surface area contributed by atoms with Crippen LogP contribution < -0.4 is 4.65 Å². The summed E-state index contributed by atoms with van der Waals surface area (Å²) in [4.78, 5) is 18.8. The summed E-state index contributed by atoms with van der Waals surface area (Å²) in [7, 11) is 1.27. The maximum Gasteiger partial charge on any atom is 0.416 e. The number of ether oxygens (including phenoxy) is 1. The Labute approximate surface area is 220 Å². The number of alkyl halides is 6. The van der Waals surface area contributed by atoms with Crippen molar-refractivity contribution < 1.29 is 35.9 Å². The van der Waals surface area contributed by atoms with Crippen molar-refractivity contribution >= 4 is 11.7 Å². The van der Waals surface area contributed by atoms with Crippen LogP contribution in [-0.2, 0) is 23.6 Å². The number of quaternary nitrogens is 1. The number of rotatable bonds is 5. The van der Waals surface area contributed by atoms with Gasteiger partial charge in [-0.2, -0.15) is 26.3 Å². The van der Waals surface area contributed by atoms with E-state index >= 15 is 0 Å². The molecule has 0 N–H and O–H groups in total. The highest BCUT2D eigenvalue weighted by molar-refractivity contribution is 6.01. The summed E-state index contributed by atoms with van der Waals surface area (Å²) in [6.45, 7) is 2.02. The first-order valence-electron chi connectivity index (χ1n) is 12.0. The fourth-order valence-electron chi connectivity index (χ4n) is 4.46. The third kappa shape index (κ3) is 6.23. The van der Waals surface area contributed by atoms with E-state index in [9.17, 15) is 36.3 Å². The third-order valence-electron chi connectivity index (χ3n) is 6.58. The van der Waals surface area contributed by atoms with E-state index in [1.54, 1.807) is 18.2 Å². The van der Waals surface area contributed by atoms with Gasteiger partial charge >= 0.3 is 12.4 Å². The maximum atomic E-state index is 13.5. The topological polar surface area (TPSA) is 65.5 Å². The number of halogens is 6. The van der Waals surface area contributed by atoms with Gasteiger partial charge in [-0.05, 0) is 41.8 Å². The molecule has 0 aliphatic carbocycles. The molecule has 39 heavy (non-hydrogen) atoms. The highest BCUT2D eigenvalue weighted by atomic mass is 19.4. The largest absolute Gasteiger partial charge is 0.626 e. The van der Waals surface area contributed by atoms with Crippen LogP contribution in [0.15, 0.2) is 54.7 Å². The second-order valence-electron chi connectivity index (χ2n) is 9.43. The Morgan fingerprint density at radius 3 is 2.13 bits per heavy atom. The van der Waals surface area contributed by atoms with Crippen molar-refractivity contribution in [2.24, 2.45) is 0 Å². The van der Waals surface area contributed by atoms with Crippen molar-refractivity contribution in [1.29, 1.82) is 0 Å². The number of benzene rings is 2. The first-order valence-corrected chi connectivity index (χ1v) is 12.0. The zero-order valence-electron chi connectivity index (χ0n) is 21.1. The van der Waals surface area contributed by atoms with Crippen molar-refractivity contribution in [3.8, 4) is 11.1 Å². The first kappa shape index (κ1) is 28.5. The molecule has 1 saturated heterocycles. The molecule has 1 aliphatic heterocycles. The van der Waals surface area contributed by atoms with Crippen LogP contribution in [0.3, 0.4) is 0 Å². The van der Waals surface area contributed by atoms with Crippen molar-refractivity contribution in [2.75, 3.05) is 33.4 Å². The Hall–Kier alpha value is -3.48. The van der Waals surface area contributed by atoms with Gasteiger partial charge in [0.05, 0.1) is 29.9 Å². The number of aromatic nitrogens is 1. The van der Waals surface area contributed by atoms with Gasteiger partial charge in [-0.1, -0.05) is 24.3 Å². The number of carbonyl (C=O) groups is 1. The molecule has 0 unspecified atom stereocenters. The molecule has 6 nitrogen and oxygen atoms in total. The van der Waals surface area contributed by atoms with Gasteiger partial charge in [-0.3, -0.25) is 4.79 Å². The average molecular weight is 554 g/mol. The fourth-order valence-corrected chi connectivity index (χ4v) is 4.46. The molecule has 1 aliphatic rings. The molecule has 1 fully saturated rings. The minimum atomic E-state index is -5.01. The minimum absolute atomic E-state index is 0.0392. The van der Waals surface area contributed by atoms with Crippen LogP contribution >= 0.6 is 0 Å². The molecule has 2 heterocycles. The molecule has 0 atom stereocenters. The summed E-state index contributed by atoms with van der Waals surface area (Å²) in [6.07, 6.45) is -8.78. The van der Waals surface area contributed by atoms with E-state index in [1.165, 1.54) is 19.3 Å². The number of hydrogen-bond donors (Lipinski definition) is 0. The molecule has 1 amide bonds. The smallest absolute Gasteiger partial charge is 0.416 e. The molecule has 12 heteroatoms. The number of hydroxylamine groups is 2. The van der Waals surface area contributed by atoms with Gasteiger partial charge in [0, 0.05) is 31.4 Å². The van der Waals surface area contributed by atoms with E-state index in [1.807, 2.05) is 13.0 Å². The number of hydrogen-bond acceptors (Lipinski definition) is 4.